The summed E-state index contributed by atoms with van der Waals surface area (Å²) < 4.78 is 54.0. The second kappa shape index (κ2) is 6.39. The number of nitrogens with zero attached hydrogens (tertiary/aromatic N) is 2. The van der Waals surface area contributed by atoms with Crippen LogP contribution in [0, 0.1) is 23.5 Å². The van der Waals surface area contributed by atoms with Gasteiger partial charge in [-0.3, -0.25) is 0 Å². The van der Waals surface area contributed by atoms with Crippen LogP contribution in [0.4, 0.5) is 23.2 Å². The van der Waals surface area contributed by atoms with Crippen molar-refractivity contribution in [1.29, 1.82) is 0 Å². The predicted molar refractivity (Wildman–Crippen MR) is 65.4 cm³/mol. The van der Waals surface area contributed by atoms with Crippen molar-refractivity contribution in [2.24, 2.45) is 0 Å². The Kier molecular flexibility index (Phi) is 4.80. The molecule has 3 nitrogen and oxygen atoms in total. The molecule has 2 rings (SSSR count). The van der Waals surface area contributed by atoms with Crippen LogP contribution in [0.3, 0.4) is 0 Å². The van der Waals surface area contributed by atoms with Gasteiger partial charge in [0.05, 0.1) is 6.61 Å². The Balaban J connectivity index is 2.42. The van der Waals surface area contributed by atoms with Crippen LogP contribution in [0.5, 0.6) is 0 Å². The average Bonchev–Trinajstić information content (AvgIpc) is 2.45. The number of pyridine rings is 1. The molecule has 20 heavy (non-hydrogen) atoms. The summed E-state index contributed by atoms with van der Waals surface area (Å²) in [6, 6.07) is -0.235. The fraction of sp³-hybridized carbons (Fsp3) is 0.615. The number of aliphatic hydroxyl groups excluding tert-OH is 1. The molecule has 1 aromatic rings. The summed E-state index contributed by atoms with van der Waals surface area (Å²) >= 11 is 0. The molecule has 1 heterocycles. The van der Waals surface area contributed by atoms with Crippen molar-refractivity contribution in [3.8, 4) is 0 Å². The molecule has 1 aliphatic rings. The molecule has 0 atom stereocenters. The maximum absolute atomic E-state index is 13.8. The van der Waals surface area contributed by atoms with E-state index >= 15 is 0 Å². The third-order valence-corrected chi connectivity index (χ3v) is 3.62. The van der Waals surface area contributed by atoms with Gasteiger partial charge in [0.15, 0.2) is 0 Å². The fourth-order valence-corrected chi connectivity index (χ4v) is 2.71. The lowest BCUT2D eigenvalue weighted by Gasteiger charge is -2.36. The van der Waals surface area contributed by atoms with E-state index in [4.69, 9.17) is 5.11 Å². The Morgan fingerprint density at radius 2 is 1.55 bits per heavy atom. The Hall–Kier alpha value is -1.37. The molecular formula is C13H16F4N2O. The Morgan fingerprint density at radius 3 is 2.05 bits per heavy atom. The van der Waals surface area contributed by atoms with Crippen molar-refractivity contribution >= 4 is 5.69 Å². The molecule has 0 aliphatic heterocycles. The van der Waals surface area contributed by atoms with Gasteiger partial charge in [0.2, 0.25) is 11.6 Å². The minimum atomic E-state index is -1.67. The molecule has 112 valence electrons. The maximum atomic E-state index is 13.8. The highest BCUT2D eigenvalue weighted by atomic mass is 19.2. The first-order chi connectivity index (χ1) is 9.56. The number of hydrogen-bond donors (Lipinski definition) is 1. The van der Waals surface area contributed by atoms with E-state index in [0.29, 0.717) is 12.8 Å². The van der Waals surface area contributed by atoms with Crippen molar-refractivity contribution in [3.05, 3.63) is 23.5 Å². The zero-order valence-electron chi connectivity index (χ0n) is 10.9. The molecule has 1 saturated carbocycles. The molecule has 0 spiro atoms. The normalized spacial score (nSPS) is 16.4. The summed E-state index contributed by atoms with van der Waals surface area (Å²) in [4.78, 5) is 3.77. The van der Waals surface area contributed by atoms with Crippen LogP contribution in [0.25, 0.3) is 0 Å². The van der Waals surface area contributed by atoms with Gasteiger partial charge >= 0.3 is 0 Å². The summed E-state index contributed by atoms with van der Waals surface area (Å²) in [6.07, 6.45) is 4.13. The van der Waals surface area contributed by atoms with E-state index in [1.54, 1.807) is 0 Å². The topological polar surface area (TPSA) is 36.4 Å². The first kappa shape index (κ1) is 15.0. The highest BCUT2D eigenvalue weighted by Crippen LogP contribution is 2.32. The lowest BCUT2D eigenvalue weighted by atomic mass is 9.93. The molecule has 1 fully saturated rings. The molecule has 7 heteroatoms. The fourth-order valence-electron chi connectivity index (χ4n) is 2.71. The average molecular weight is 292 g/mol. The van der Waals surface area contributed by atoms with Crippen LogP contribution in [0.15, 0.2) is 0 Å². The number of aliphatic hydroxyl groups is 1. The van der Waals surface area contributed by atoms with Gasteiger partial charge < -0.3 is 10.0 Å². The van der Waals surface area contributed by atoms with Crippen molar-refractivity contribution < 1.29 is 22.7 Å². The molecule has 0 bridgehead atoms. The summed E-state index contributed by atoms with van der Waals surface area (Å²) in [5.41, 5.74) is -0.768. The van der Waals surface area contributed by atoms with Crippen molar-refractivity contribution in [1.82, 2.24) is 4.98 Å². The van der Waals surface area contributed by atoms with Gasteiger partial charge in [0, 0.05) is 12.6 Å². The van der Waals surface area contributed by atoms with Crippen LogP contribution in [0.1, 0.15) is 32.1 Å². The standard InChI is InChI=1S/C13H16F4N2O/c14-9-11(10(15)13(17)18-12(9)16)19(6-7-20)8-4-2-1-3-5-8/h8,20H,1-7H2. The highest BCUT2D eigenvalue weighted by molar-refractivity contribution is 5.49. The summed E-state index contributed by atoms with van der Waals surface area (Å²) in [6.45, 7) is -0.442. The Morgan fingerprint density at radius 1 is 1.00 bits per heavy atom. The van der Waals surface area contributed by atoms with Crippen molar-refractivity contribution in [3.63, 3.8) is 0 Å². The summed E-state index contributed by atoms with van der Waals surface area (Å²) in [7, 11) is 0. The van der Waals surface area contributed by atoms with Crippen LogP contribution in [-0.4, -0.2) is 29.3 Å². The lowest BCUT2D eigenvalue weighted by molar-refractivity contribution is 0.286. The molecule has 0 unspecified atom stereocenters. The molecule has 1 aliphatic carbocycles. The van der Waals surface area contributed by atoms with Crippen molar-refractivity contribution in [2.45, 2.75) is 38.1 Å². The number of hydrogen-bond acceptors (Lipinski definition) is 3. The zero-order valence-corrected chi connectivity index (χ0v) is 10.9. The van der Waals surface area contributed by atoms with E-state index in [9.17, 15) is 17.6 Å². The van der Waals surface area contributed by atoms with Gasteiger partial charge in [-0.2, -0.15) is 22.5 Å². The first-order valence-electron chi connectivity index (χ1n) is 6.63. The Bertz CT molecular complexity index is 452. The molecule has 0 aromatic carbocycles. The van der Waals surface area contributed by atoms with E-state index in [1.807, 2.05) is 0 Å². The Labute approximate surface area is 114 Å². The number of anilines is 1. The monoisotopic (exact) mass is 292 g/mol. The van der Waals surface area contributed by atoms with Crippen LogP contribution in [-0.2, 0) is 0 Å². The van der Waals surface area contributed by atoms with Gasteiger partial charge in [-0.25, -0.2) is 0 Å². The number of rotatable bonds is 4. The summed E-state index contributed by atoms with van der Waals surface area (Å²) in [5.74, 6) is -6.36. The predicted octanol–water partition coefficient (Wildman–Crippen LogP) is 2.77. The van der Waals surface area contributed by atoms with Crippen molar-refractivity contribution in [2.75, 3.05) is 18.1 Å². The van der Waals surface area contributed by atoms with Gasteiger partial charge in [-0.15, -0.1) is 0 Å². The van der Waals surface area contributed by atoms with Crippen LogP contribution in [0.2, 0.25) is 0 Å². The largest absolute Gasteiger partial charge is 0.395 e. The number of aromatic nitrogens is 1. The van der Waals surface area contributed by atoms with Crippen LogP contribution < -0.4 is 4.90 Å². The molecule has 0 radical (unpaired) electrons. The first-order valence-corrected chi connectivity index (χ1v) is 6.63. The summed E-state index contributed by atoms with van der Waals surface area (Å²) in [5, 5.41) is 9.06. The van der Waals surface area contributed by atoms with Gasteiger partial charge in [-0.1, -0.05) is 19.3 Å². The lowest BCUT2D eigenvalue weighted by Crippen LogP contribution is -2.40. The number of halogens is 4. The quantitative estimate of drug-likeness (QED) is 0.685. The van der Waals surface area contributed by atoms with Gasteiger partial charge in [-0.05, 0) is 12.8 Å². The highest BCUT2D eigenvalue weighted by Gasteiger charge is 2.30. The molecule has 0 saturated heterocycles. The van der Waals surface area contributed by atoms with Crippen LogP contribution >= 0.6 is 0 Å². The molecule has 1 N–H and O–H groups in total. The SMILES string of the molecule is OCCN(c1c(F)c(F)nc(F)c1F)C1CCCCC1. The second-order valence-corrected chi connectivity index (χ2v) is 4.88. The second-order valence-electron chi connectivity index (χ2n) is 4.88. The van der Waals surface area contributed by atoms with E-state index in [-0.39, 0.29) is 19.2 Å². The van der Waals surface area contributed by atoms with Gasteiger partial charge in [0.25, 0.3) is 11.9 Å². The van der Waals surface area contributed by atoms with E-state index < -0.39 is 29.2 Å². The van der Waals surface area contributed by atoms with E-state index in [0.717, 1.165) is 19.3 Å². The van der Waals surface area contributed by atoms with E-state index in [2.05, 4.69) is 4.98 Å². The minimum absolute atomic E-state index is 0.0819. The molecule has 0 amide bonds. The smallest absolute Gasteiger partial charge is 0.253 e. The third-order valence-electron chi connectivity index (χ3n) is 3.62. The zero-order chi connectivity index (χ0) is 14.7. The molecule has 1 aromatic heterocycles. The third kappa shape index (κ3) is 2.87. The minimum Gasteiger partial charge on any atom is -0.395 e. The van der Waals surface area contributed by atoms with E-state index in [1.165, 1.54) is 4.90 Å². The maximum Gasteiger partial charge on any atom is 0.253 e. The van der Waals surface area contributed by atoms with Gasteiger partial charge in [0.1, 0.15) is 5.69 Å². The molecular weight excluding hydrogens is 276 g/mol.